The van der Waals surface area contributed by atoms with Crippen molar-refractivity contribution in [2.45, 2.75) is 18.4 Å². The number of amides is 1. The van der Waals surface area contributed by atoms with Crippen molar-refractivity contribution in [1.29, 1.82) is 0 Å². The fourth-order valence-corrected chi connectivity index (χ4v) is 4.26. The molecule has 2 N–H and O–H groups in total. The average molecular weight is 443 g/mol. The third-order valence-corrected chi connectivity index (χ3v) is 6.20. The summed E-state index contributed by atoms with van der Waals surface area (Å²) < 4.78 is 27.9. The van der Waals surface area contributed by atoms with Gasteiger partial charge in [-0.3, -0.25) is 9.59 Å². The predicted octanol–water partition coefficient (Wildman–Crippen LogP) is 4.27. The van der Waals surface area contributed by atoms with Crippen LogP contribution >= 0.6 is 11.6 Å². The number of carbonyl (C=O) groups is 2. The maximum absolute atomic E-state index is 12.7. The van der Waals surface area contributed by atoms with Crippen LogP contribution in [-0.4, -0.2) is 20.1 Å². The Morgan fingerprint density at radius 3 is 2.33 bits per heavy atom. The zero-order chi connectivity index (χ0) is 21.7. The Labute approximate surface area is 179 Å². The first-order valence-corrected chi connectivity index (χ1v) is 10.9. The molecule has 0 heterocycles. The summed E-state index contributed by atoms with van der Waals surface area (Å²) in [5, 5.41) is 2.67. The molecule has 1 amide bonds. The van der Waals surface area contributed by atoms with E-state index in [1.54, 1.807) is 36.4 Å². The minimum atomic E-state index is -3.94. The molecule has 0 radical (unpaired) electrons. The van der Waals surface area contributed by atoms with Crippen molar-refractivity contribution >= 4 is 39.0 Å². The third-order valence-electron chi connectivity index (χ3n) is 4.32. The first-order valence-electron chi connectivity index (χ1n) is 9.02. The summed E-state index contributed by atoms with van der Waals surface area (Å²) in [5.74, 6) is -0.651. The summed E-state index contributed by atoms with van der Waals surface area (Å²) in [4.78, 5) is 23.9. The lowest BCUT2D eigenvalue weighted by molar-refractivity contribution is 0.101. The molecule has 30 heavy (non-hydrogen) atoms. The van der Waals surface area contributed by atoms with Crippen molar-refractivity contribution in [2.24, 2.45) is 0 Å². The van der Waals surface area contributed by atoms with Gasteiger partial charge in [-0.2, -0.15) is 0 Å². The Hall–Kier alpha value is -3.00. The molecule has 0 aliphatic carbocycles. The summed E-state index contributed by atoms with van der Waals surface area (Å²) in [7, 11) is -3.94. The van der Waals surface area contributed by atoms with Crippen LogP contribution in [0.2, 0.25) is 5.02 Å². The van der Waals surface area contributed by atoms with Crippen molar-refractivity contribution in [2.75, 3.05) is 5.32 Å². The fourth-order valence-electron chi connectivity index (χ4n) is 2.72. The normalized spacial score (nSPS) is 11.1. The van der Waals surface area contributed by atoms with Gasteiger partial charge >= 0.3 is 0 Å². The molecule has 0 unspecified atom stereocenters. The number of ketones is 1. The van der Waals surface area contributed by atoms with Crippen LogP contribution in [-0.2, 0) is 16.6 Å². The largest absolute Gasteiger partial charge is 0.322 e. The first-order chi connectivity index (χ1) is 14.3. The molecular weight excluding hydrogens is 424 g/mol. The van der Waals surface area contributed by atoms with Crippen LogP contribution in [0.3, 0.4) is 0 Å². The van der Waals surface area contributed by atoms with E-state index in [1.807, 2.05) is 18.2 Å². The fraction of sp³-hybridized carbons (Fsp3) is 0.0909. The van der Waals surface area contributed by atoms with E-state index in [0.29, 0.717) is 11.3 Å². The van der Waals surface area contributed by atoms with Crippen LogP contribution in [0.25, 0.3) is 0 Å². The van der Waals surface area contributed by atoms with Crippen molar-refractivity contribution in [1.82, 2.24) is 4.72 Å². The maximum Gasteiger partial charge on any atom is 0.255 e. The molecule has 8 heteroatoms. The summed E-state index contributed by atoms with van der Waals surface area (Å²) in [6, 6.07) is 19.5. The van der Waals surface area contributed by atoms with E-state index in [0.717, 1.165) is 5.56 Å². The smallest absolute Gasteiger partial charge is 0.255 e. The van der Waals surface area contributed by atoms with E-state index in [1.165, 1.54) is 25.1 Å². The summed E-state index contributed by atoms with van der Waals surface area (Å²) in [6.45, 7) is 1.52. The molecule has 0 fully saturated rings. The van der Waals surface area contributed by atoms with Crippen molar-refractivity contribution in [3.8, 4) is 0 Å². The number of hydrogen-bond donors (Lipinski definition) is 2. The molecular formula is C22H19ClN2O4S. The second kappa shape index (κ2) is 9.21. The quantitative estimate of drug-likeness (QED) is 0.534. The SMILES string of the molecule is CC(=O)c1cccc(NC(=O)c2ccc(Cl)c(S(=O)(=O)NCc3ccccc3)c2)c1. The standard InChI is InChI=1S/C22H19ClN2O4S/c1-15(26)17-8-5-9-19(12-17)25-22(27)18-10-11-20(23)21(13-18)30(28,29)24-14-16-6-3-2-4-7-16/h2-13,24H,14H2,1H3,(H,25,27). The van der Waals surface area contributed by atoms with Crippen molar-refractivity contribution in [3.63, 3.8) is 0 Å². The Morgan fingerprint density at radius 2 is 1.63 bits per heavy atom. The number of benzene rings is 3. The van der Waals surface area contributed by atoms with Gasteiger partial charge in [0.2, 0.25) is 10.0 Å². The number of sulfonamides is 1. The molecule has 3 aromatic carbocycles. The van der Waals surface area contributed by atoms with E-state index >= 15 is 0 Å². The lowest BCUT2D eigenvalue weighted by atomic mass is 10.1. The highest BCUT2D eigenvalue weighted by molar-refractivity contribution is 7.89. The molecule has 0 spiro atoms. The monoisotopic (exact) mass is 442 g/mol. The molecule has 154 valence electrons. The second-order valence-electron chi connectivity index (χ2n) is 6.55. The maximum atomic E-state index is 12.7. The van der Waals surface area contributed by atoms with Gasteiger partial charge in [-0.15, -0.1) is 0 Å². The number of nitrogens with one attached hydrogen (secondary N) is 2. The highest BCUT2D eigenvalue weighted by atomic mass is 35.5. The Morgan fingerprint density at radius 1 is 0.900 bits per heavy atom. The number of Topliss-reactive ketones (excluding diaryl/α,β-unsaturated/α-hetero) is 1. The van der Waals surface area contributed by atoms with Gasteiger partial charge in [0, 0.05) is 23.4 Å². The zero-order valence-corrected chi connectivity index (χ0v) is 17.6. The van der Waals surface area contributed by atoms with Crippen LogP contribution in [0.1, 0.15) is 33.2 Å². The van der Waals surface area contributed by atoms with Crippen LogP contribution in [0.5, 0.6) is 0 Å². The van der Waals surface area contributed by atoms with E-state index < -0.39 is 15.9 Å². The topological polar surface area (TPSA) is 92.3 Å². The van der Waals surface area contributed by atoms with Gasteiger partial charge in [0.25, 0.3) is 5.91 Å². The molecule has 3 rings (SSSR count). The van der Waals surface area contributed by atoms with Gasteiger partial charge in [0.05, 0.1) is 5.02 Å². The molecule has 0 aliphatic heterocycles. The summed E-state index contributed by atoms with van der Waals surface area (Å²) in [5.41, 5.74) is 1.79. The van der Waals surface area contributed by atoms with Gasteiger partial charge in [0.15, 0.2) is 5.78 Å². The minimum absolute atomic E-state index is 0.00527. The zero-order valence-electron chi connectivity index (χ0n) is 16.1. The van der Waals surface area contributed by atoms with E-state index in [9.17, 15) is 18.0 Å². The molecule has 0 aromatic heterocycles. The lowest BCUT2D eigenvalue weighted by Crippen LogP contribution is -2.24. The first kappa shape index (κ1) is 21.7. The number of hydrogen-bond acceptors (Lipinski definition) is 4. The van der Waals surface area contributed by atoms with Gasteiger partial charge in [0.1, 0.15) is 4.90 Å². The summed E-state index contributed by atoms with van der Waals surface area (Å²) in [6.07, 6.45) is 0. The Kier molecular flexibility index (Phi) is 6.66. The summed E-state index contributed by atoms with van der Waals surface area (Å²) >= 11 is 6.09. The number of halogens is 1. The van der Waals surface area contributed by atoms with Gasteiger partial charge in [-0.05, 0) is 42.8 Å². The van der Waals surface area contributed by atoms with Crippen molar-refractivity contribution < 1.29 is 18.0 Å². The number of carbonyl (C=O) groups excluding carboxylic acids is 2. The average Bonchev–Trinajstić information content (AvgIpc) is 2.73. The van der Waals surface area contributed by atoms with Crippen LogP contribution in [0.15, 0.2) is 77.7 Å². The van der Waals surface area contributed by atoms with E-state index in [-0.39, 0.29) is 27.8 Å². The van der Waals surface area contributed by atoms with Gasteiger partial charge < -0.3 is 5.32 Å². The highest BCUT2D eigenvalue weighted by Gasteiger charge is 2.20. The Balaban J connectivity index is 1.81. The third kappa shape index (κ3) is 5.33. The molecule has 6 nitrogen and oxygen atoms in total. The molecule has 3 aromatic rings. The van der Waals surface area contributed by atoms with Crippen LogP contribution < -0.4 is 10.0 Å². The minimum Gasteiger partial charge on any atom is -0.322 e. The molecule has 0 aliphatic rings. The number of rotatable bonds is 7. The van der Waals surface area contributed by atoms with Crippen LogP contribution in [0.4, 0.5) is 5.69 Å². The lowest BCUT2D eigenvalue weighted by Gasteiger charge is -2.11. The highest BCUT2D eigenvalue weighted by Crippen LogP contribution is 2.24. The van der Waals surface area contributed by atoms with E-state index in [4.69, 9.17) is 11.6 Å². The number of anilines is 1. The van der Waals surface area contributed by atoms with E-state index in [2.05, 4.69) is 10.0 Å². The molecule has 0 saturated heterocycles. The second-order valence-corrected chi connectivity index (χ2v) is 8.69. The Bertz CT molecular complexity index is 1190. The molecule has 0 bridgehead atoms. The van der Waals surface area contributed by atoms with Gasteiger partial charge in [-0.1, -0.05) is 54.1 Å². The molecule has 0 saturated carbocycles. The van der Waals surface area contributed by atoms with Crippen molar-refractivity contribution in [3.05, 3.63) is 94.5 Å². The predicted molar refractivity (Wildman–Crippen MR) is 116 cm³/mol. The molecule has 0 atom stereocenters. The van der Waals surface area contributed by atoms with Crippen LogP contribution in [0, 0.1) is 0 Å². The van der Waals surface area contributed by atoms with Gasteiger partial charge in [-0.25, -0.2) is 13.1 Å².